The van der Waals surface area contributed by atoms with Crippen molar-refractivity contribution in [3.8, 4) is 0 Å². The smallest absolute Gasteiger partial charge is 0.275 e. The lowest BCUT2D eigenvalue weighted by Crippen LogP contribution is -2.35. The van der Waals surface area contributed by atoms with Gasteiger partial charge in [-0.25, -0.2) is 5.01 Å². The van der Waals surface area contributed by atoms with E-state index in [-0.39, 0.29) is 5.91 Å². The van der Waals surface area contributed by atoms with Crippen LogP contribution in [0.2, 0.25) is 0 Å². The fraction of sp³-hybridized carbons (Fsp3) is 0.273. The van der Waals surface area contributed by atoms with E-state index in [0.29, 0.717) is 4.88 Å². The standard InChI is InChI=1S/C11H13N3OS/c1-7-4-5-12-8-6-9(16-10(7)8)11(15)13-14(2)3/h4-6H,1-3H3,(H,13,15). The van der Waals surface area contributed by atoms with Crippen LogP contribution < -0.4 is 5.43 Å². The van der Waals surface area contributed by atoms with Gasteiger partial charge in [0.15, 0.2) is 0 Å². The molecule has 2 heterocycles. The number of hydrogen-bond acceptors (Lipinski definition) is 4. The van der Waals surface area contributed by atoms with Crippen LogP contribution in [0.15, 0.2) is 18.3 Å². The molecule has 0 unspecified atom stereocenters. The van der Waals surface area contributed by atoms with Gasteiger partial charge in [-0.2, -0.15) is 0 Å². The number of carbonyl (C=O) groups excluding carboxylic acids is 1. The molecule has 1 amide bonds. The maximum atomic E-state index is 11.8. The summed E-state index contributed by atoms with van der Waals surface area (Å²) in [6.07, 6.45) is 1.76. The van der Waals surface area contributed by atoms with Gasteiger partial charge in [0.2, 0.25) is 0 Å². The second kappa shape index (κ2) is 4.19. The molecular weight excluding hydrogens is 222 g/mol. The lowest BCUT2D eigenvalue weighted by molar-refractivity contribution is 0.0861. The summed E-state index contributed by atoms with van der Waals surface area (Å²) < 4.78 is 1.08. The van der Waals surface area contributed by atoms with Crippen molar-refractivity contribution in [1.29, 1.82) is 0 Å². The van der Waals surface area contributed by atoms with E-state index in [1.165, 1.54) is 11.3 Å². The number of pyridine rings is 1. The zero-order chi connectivity index (χ0) is 11.7. The first-order valence-corrected chi connectivity index (χ1v) is 5.73. The second-order valence-corrected chi connectivity index (χ2v) is 4.84. The number of hydrogen-bond donors (Lipinski definition) is 1. The van der Waals surface area contributed by atoms with Crippen LogP contribution in [-0.2, 0) is 0 Å². The van der Waals surface area contributed by atoms with Gasteiger partial charge in [-0.1, -0.05) is 0 Å². The molecule has 0 spiro atoms. The number of carbonyl (C=O) groups is 1. The fourth-order valence-electron chi connectivity index (χ4n) is 1.43. The average Bonchev–Trinajstić information content (AvgIpc) is 2.61. The minimum atomic E-state index is -0.0904. The van der Waals surface area contributed by atoms with Crippen LogP contribution in [0.3, 0.4) is 0 Å². The van der Waals surface area contributed by atoms with Gasteiger partial charge < -0.3 is 0 Å². The molecule has 0 bridgehead atoms. The van der Waals surface area contributed by atoms with Gasteiger partial charge in [-0.15, -0.1) is 11.3 Å². The Hall–Kier alpha value is -1.46. The highest BCUT2D eigenvalue weighted by Gasteiger charge is 2.12. The van der Waals surface area contributed by atoms with E-state index in [1.807, 2.05) is 19.1 Å². The number of aryl methyl sites for hydroxylation is 1. The molecule has 0 aromatic carbocycles. The zero-order valence-corrected chi connectivity index (χ0v) is 10.3. The van der Waals surface area contributed by atoms with E-state index in [9.17, 15) is 4.79 Å². The minimum absolute atomic E-state index is 0.0904. The van der Waals surface area contributed by atoms with E-state index >= 15 is 0 Å². The first-order valence-electron chi connectivity index (χ1n) is 4.91. The largest absolute Gasteiger partial charge is 0.285 e. The van der Waals surface area contributed by atoms with Crippen LogP contribution in [0, 0.1) is 6.92 Å². The number of aromatic nitrogens is 1. The third kappa shape index (κ3) is 2.05. The van der Waals surface area contributed by atoms with Crippen LogP contribution in [-0.4, -0.2) is 30.0 Å². The van der Waals surface area contributed by atoms with Crippen molar-refractivity contribution >= 4 is 27.5 Å². The van der Waals surface area contributed by atoms with Gasteiger partial charge in [0.05, 0.1) is 15.1 Å². The SMILES string of the molecule is Cc1ccnc2cc(C(=O)NN(C)C)sc12. The van der Waals surface area contributed by atoms with Crippen LogP contribution in [0.4, 0.5) is 0 Å². The normalized spacial score (nSPS) is 11.0. The summed E-state index contributed by atoms with van der Waals surface area (Å²) in [7, 11) is 3.57. The topological polar surface area (TPSA) is 45.2 Å². The molecule has 0 saturated carbocycles. The molecule has 1 N–H and O–H groups in total. The lowest BCUT2D eigenvalue weighted by Gasteiger charge is -2.09. The van der Waals surface area contributed by atoms with Gasteiger partial charge in [0.1, 0.15) is 0 Å². The molecule has 0 saturated heterocycles. The number of fused-ring (bicyclic) bond motifs is 1. The predicted molar refractivity (Wildman–Crippen MR) is 65.5 cm³/mol. The third-order valence-corrected chi connectivity index (χ3v) is 3.42. The number of nitrogens with zero attached hydrogens (tertiary/aromatic N) is 2. The van der Waals surface area contributed by atoms with Gasteiger partial charge in [-0.05, 0) is 24.6 Å². The van der Waals surface area contributed by atoms with Crippen molar-refractivity contribution in [3.63, 3.8) is 0 Å². The van der Waals surface area contributed by atoms with Crippen molar-refractivity contribution < 1.29 is 4.79 Å². The molecule has 16 heavy (non-hydrogen) atoms. The number of thiophene rings is 1. The molecule has 0 atom stereocenters. The molecule has 0 aliphatic heterocycles. The highest BCUT2D eigenvalue weighted by Crippen LogP contribution is 2.26. The monoisotopic (exact) mass is 235 g/mol. The predicted octanol–water partition coefficient (Wildman–Crippen LogP) is 1.81. The Labute approximate surface area is 97.9 Å². The maximum absolute atomic E-state index is 11.8. The second-order valence-electron chi connectivity index (χ2n) is 3.79. The van der Waals surface area contributed by atoms with Gasteiger partial charge >= 0.3 is 0 Å². The average molecular weight is 235 g/mol. The van der Waals surface area contributed by atoms with E-state index in [4.69, 9.17) is 0 Å². The van der Waals surface area contributed by atoms with Gasteiger partial charge in [0, 0.05) is 20.3 Å². The Morgan fingerprint density at radius 1 is 1.50 bits per heavy atom. The summed E-state index contributed by atoms with van der Waals surface area (Å²) in [5, 5.41) is 1.63. The van der Waals surface area contributed by atoms with Gasteiger partial charge in [0.25, 0.3) is 5.91 Å². The fourth-order valence-corrected chi connectivity index (χ4v) is 2.41. The number of nitrogens with one attached hydrogen (secondary N) is 1. The van der Waals surface area contributed by atoms with Crippen molar-refractivity contribution in [1.82, 2.24) is 15.4 Å². The van der Waals surface area contributed by atoms with Crippen molar-refractivity contribution in [2.75, 3.05) is 14.1 Å². The molecule has 0 aliphatic carbocycles. The third-order valence-electron chi connectivity index (χ3n) is 2.16. The quantitative estimate of drug-likeness (QED) is 0.807. The van der Waals surface area contributed by atoms with E-state index < -0.39 is 0 Å². The summed E-state index contributed by atoms with van der Waals surface area (Å²) in [5.41, 5.74) is 4.75. The molecule has 2 aromatic heterocycles. The van der Waals surface area contributed by atoms with Crippen LogP contribution in [0.5, 0.6) is 0 Å². The Bertz CT molecular complexity index is 533. The molecular formula is C11H13N3OS. The lowest BCUT2D eigenvalue weighted by atomic mass is 10.2. The number of rotatable bonds is 2. The Morgan fingerprint density at radius 2 is 2.25 bits per heavy atom. The van der Waals surface area contributed by atoms with Crippen molar-refractivity contribution in [3.05, 3.63) is 28.8 Å². The van der Waals surface area contributed by atoms with Crippen LogP contribution in [0.25, 0.3) is 10.2 Å². The molecule has 0 radical (unpaired) electrons. The van der Waals surface area contributed by atoms with Crippen molar-refractivity contribution in [2.45, 2.75) is 6.92 Å². The number of hydrazine groups is 1. The summed E-state index contributed by atoms with van der Waals surface area (Å²) in [5.74, 6) is -0.0904. The van der Waals surface area contributed by atoms with E-state index in [0.717, 1.165) is 15.8 Å². The molecule has 2 aromatic rings. The van der Waals surface area contributed by atoms with Crippen molar-refractivity contribution in [2.24, 2.45) is 0 Å². The Balaban J connectivity index is 2.40. The molecule has 2 rings (SSSR count). The summed E-state index contributed by atoms with van der Waals surface area (Å²) in [4.78, 5) is 16.7. The van der Waals surface area contributed by atoms with Crippen LogP contribution >= 0.6 is 11.3 Å². The first kappa shape index (κ1) is 11.0. The highest BCUT2D eigenvalue weighted by molar-refractivity contribution is 7.20. The summed E-state index contributed by atoms with van der Waals surface area (Å²) in [6.45, 7) is 2.02. The Morgan fingerprint density at radius 3 is 2.88 bits per heavy atom. The van der Waals surface area contributed by atoms with E-state index in [1.54, 1.807) is 25.3 Å². The molecule has 5 heteroatoms. The summed E-state index contributed by atoms with van der Waals surface area (Å²) >= 11 is 1.47. The molecule has 0 fully saturated rings. The maximum Gasteiger partial charge on any atom is 0.275 e. The first-order chi connectivity index (χ1) is 7.58. The summed E-state index contributed by atoms with van der Waals surface area (Å²) in [6, 6.07) is 3.78. The molecule has 0 aliphatic rings. The minimum Gasteiger partial charge on any atom is -0.285 e. The van der Waals surface area contributed by atoms with Crippen LogP contribution in [0.1, 0.15) is 15.2 Å². The Kier molecular flexibility index (Phi) is 2.89. The molecule has 4 nitrogen and oxygen atoms in total. The number of amides is 1. The van der Waals surface area contributed by atoms with Gasteiger partial charge in [-0.3, -0.25) is 15.2 Å². The highest BCUT2D eigenvalue weighted by atomic mass is 32.1. The molecule has 84 valence electrons. The zero-order valence-electron chi connectivity index (χ0n) is 9.44. The van der Waals surface area contributed by atoms with E-state index in [2.05, 4.69) is 10.4 Å².